The zero-order valence-electron chi connectivity index (χ0n) is 14.0. The molecule has 0 spiro atoms. The van der Waals surface area contributed by atoms with E-state index in [4.69, 9.17) is 16.6 Å². The zero-order valence-corrected chi connectivity index (χ0v) is 14.7. The van der Waals surface area contributed by atoms with E-state index < -0.39 is 4.92 Å². The van der Waals surface area contributed by atoms with Gasteiger partial charge in [0.05, 0.1) is 16.3 Å². The molecule has 0 aliphatic heterocycles. The van der Waals surface area contributed by atoms with Gasteiger partial charge in [0, 0.05) is 46.2 Å². The summed E-state index contributed by atoms with van der Waals surface area (Å²) >= 11 is 6.01. The fourth-order valence-corrected chi connectivity index (χ4v) is 2.95. The van der Waals surface area contributed by atoms with Crippen LogP contribution in [-0.2, 0) is 0 Å². The van der Waals surface area contributed by atoms with E-state index in [2.05, 4.69) is 9.97 Å². The maximum absolute atomic E-state index is 11.1. The Hall–Kier alpha value is -3.51. The third-order valence-corrected chi connectivity index (χ3v) is 4.37. The molecule has 132 valence electrons. The standard InChI is InChI=1S/C20H13ClN4O2/c21-16-6-4-13(5-7-16)18-19(14-8-10-22-11-9-14)24-20(23-18)15-2-1-3-17(12-15)25(26)27/h1-12H,(H,23,24). The van der Waals surface area contributed by atoms with Crippen LogP contribution >= 0.6 is 11.6 Å². The number of nitro groups is 1. The maximum Gasteiger partial charge on any atom is 0.270 e. The molecule has 0 saturated heterocycles. The molecule has 0 aliphatic rings. The van der Waals surface area contributed by atoms with E-state index in [1.165, 1.54) is 12.1 Å². The van der Waals surface area contributed by atoms with Gasteiger partial charge in [0.15, 0.2) is 0 Å². The Morgan fingerprint density at radius 1 is 0.926 bits per heavy atom. The Labute approximate surface area is 159 Å². The summed E-state index contributed by atoms with van der Waals surface area (Å²) in [5.74, 6) is 0.551. The molecule has 2 aromatic heterocycles. The van der Waals surface area contributed by atoms with Gasteiger partial charge >= 0.3 is 0 Å². The number of aromatic amines is 1. The van der Waals surface area contributed by atoms with E-state index >= 15 is 0 Å². The molecular formula is C20H13ClN4O2. The molecule has 4 aromatic rings. The molecule has 0 radical (unpaired) electrons. The molecule has 0 unspecified atom stereocenters. The van der Waals surface area contributed by atoms with Crippen molar-refractivity contribution in [2.24, 2.45) is 0 Å². The van der Waals surface area contributed by atoms with Gasteiger partial charge in [-0.2, -0.15) is 0 Å². The van der Waals surface area contributed by atoms with Crippen molar-refractivity contribution in [1.29, 1.82) is 0 Å². The van der Waals surface area contributed by atoms with Gasteiger partial charge in [0.25, 0.3) is 5.69 Å². The molecular weight excluding hydrogens is 364 g/mol. The number of aromatic nitrogens is 3. The second-order valence-electron chi connectivity index (χ2n) is 5.86. The van der Waals surface area contributed by atoms with E-state index in [1.807, 2.05) is 24.3 Å². The number of non-ortho nitro benzene ring substituents is 1. The van der Waals surface area contributed by atoms with Crippen molar-refractivity contribution in [3.63, 3.8) is 0 Å². The fraction of sp³-hybridized carbons (Fsp3) is 0. The summed E-state index contributed by atoms with van der Waals surface area (Å²) < 4.78 is 0. The molecule has 0 fully saturated rings. The number of benzene rings is 2. The first-order chi connectivity index (χ1) is 13.1. The molecule has 0 bridgehead atoms. The number of hydrogen-bond donors (Lipinski definition) is 1. The zero-order chi connectivity index (χ0) is 18.8. The van der Waals surface area contributed by atoms with Crippen molar-refractivity contribution in [2.75, 3.05) is 0 Å². The van der Waals surface area contributed by atoms with Crippen LogP contribution in [-0.4, -0.2) is 19.9 Å². The average Bonchev–Trinajstić information content (AvgIpc) is 3.15. The highest BCUT2D eigenvalue weighted by Crippen LogP contribution is 2.34. The highest BCUT2D eigenvalue weighted by Gasteiger charge is 2.16. The Morgan fingerprint density at radius 2 is 1.67 bits per heavy atom. The molecule has 4 rings (SSSR count). The highest BCUT2D eigenvalue weighted by molar-refractivity contribution is 6.30. The molecule has 2 aromatic carbocycles. The second-order valence-corrected chi connectivity index (χ2v) is 6.30. The molecule has 1 N–H and O–H groups in total. The summed E-state index contributed by atoms with van der Waals surface area (Å²) in [5.41, 5.74) is 4.00. The number of nitrogens with one attached hydrogen (secondary N) is 1. The van der Waals surface area contributed by atoms with E-state index in [9.17, 15) is 10.1 Å². The lowest BCUT2D eigenvalue weighted by atomic mass is 10.1. The number of nitro benzene ring substituents is 1. The fourth-order valence-electron chi connectivity index (χ4n) is 2.82. The third-order valence-electron chi connectivity index (χ3n) is 4.12. The average molecular weight is 377 g/mol. The lowest BCUT2D eigenvalue weighted by Crippen LogP contribution is -1.89. The first-order valence-electron chi connectivity index (χ1n) is 8.13. The van der Waals surface area contributed by atoms with Crippen molar-refractivity contribution < 1.29 is 4.92 Å². The number of hydrogen-bond acceptors (Lipinski definition) is 4. The van der Waals surface area contributed by atoms with Gasteiger partial charge in [0.2, 0.25) is 0 Å². The number of nitrogens with zero attached hydrogens (tertiary/aromatic N) is 3. The highest BCUT2D eigenvalue weighted by atomic mass is 35.5. The largest absolute Gasteiger partial charge is 0.337 e. The molecule has 6 nitrogen and oxygen atoms in total. The van der Waals surface area contributed by atoms with Gasteiger partial charge in [-0.3, -0.25) is 15.1 Å². The number of H-pyrrole nitrogens is 1. The summed E-state index contributed by atoms with van der Waals surface area (Å²) in [6, 6.07) is 17.5. The minimum absolute atomic E-state index is 0.0161. The van der Waals surface area contributed by atoms with Gasteiger partial charge in [-0.1, -0.05) is 35.9 Å². The number of halogens is 1. The smallest absolute Gasteiger partial charge is 0.270 e. The van der Waals surface area contributed by atoms with Gasteiger partial charge in [-0.05, 0) is 24.3 Å². The molecule has 0 aliphatic carbocycles. The van der Waals surface area contributed by atoms with E-state index in [-0.39, 0.29) is 5.69 Å². The summed E-state index contributed by atoms with van der Waals surface area (Å²) in [6.07, 6.45) is 3.39. The molecule has 0 amide bonds. The van der Waals surface area contributed by atoms with Crippen LogP contribution in [0.5, 0.6) is 0 Å². The second kappa shape index (κ2) is 7.01. The molecule has 27 heavy (non-hydrogen) atoms. The van der Waals surface area contributed by atoms with E-state index in [0.29, 0.717) is 16.4 Å². The van der Waals surface area contributed by atoms with Gasteiger partial charge in [-0.15, -0.1) is 0 Å². The van der Waals surface area contributed by atoms with Crippen LogP contribution in [0.25, 0.3) is 33.9 Å². The van der Waals surface area contributed by atoms with Crippen molar-refractivity contribution >= 4 is 17.3 Å². The Balaban J connectivity index is 1.89. The minimum atomic E-state index is -0.420. The summed E-state index contributed by atoms with van der Waals surface area (Å²) in [4.78, 5) is 22.7. The summed E-state index contributed by atoms with van der Waals surface area (Å²) in [5, 5.41) is 11.7. The Kier molecular flexibility index (Phi) is 4.40. The van der Waals surface area contributed by atoms with Crippen LogP contribution in [0.2, 0.25) is 5.02 Å². The van der Waals surface area contributed by atoms with Crippen molar-refractivity contribution in [3.8, 4) is 33.9 Å². The minimum Gasteiger partial charge on any atom is -0.337 e. The first kappa shape index (κ1) is 16.9. The summed E-state index contributed by atoms with van der Waals surface area (Å²) in [6.45, 7) is 0. The third kappa shape index (κ3) is 3.43. The Bertz CT molecular complexity index is 1110. The molecule has 7 heteroatoms. The quantitative estimate of drug-likeness (QED) is 0.383. The van der Waals surface area contributed by atoms with Gasteiger partial charge < -0.3 is 4.98 Å². The van der Waals surface area contributed by atoms with E-state index in [0.717, 1.165) is 22.5 Å². The van der Waals surface area contributed by atoms with Crippen LogP contribution in [0, 0.1) is 10.1 Å². The topological polar surface area (TPSA) is 84.7 Å². The van der Waals surface area contributed by atoms with Crippen LogP contribution in [0.3, 0.4) is 0 Å². The SMILES string of the molecule is O=[N+]([O-])c1cccc(-c2nc(-c3ccncc3)c(-c3ccc(Cl)cc3)[nH]2)c1. The van der Waals surface area contributed by atoms with Crippen LogP contribution < -0.4 is 0 Å². The number of imidazole rings is 1. The number of pyridine rings is 1. The molecule has 0 atom stereocenters. The maximum atomic E-state index is 11.1. The lowest BCUT2D eigenvalue weighted by molar-refractivity contribution is -0.384. The monoisotopic (exact) mass is 376 g/mol. The summed E-state index contributed by atoms with van der Waals surface area (Å²) in [7, 11) is 0. The normalized spacial score (nSPS) is 10.7. The predicted octanol–water partition coefficient (Wildman–Crippen LogP) is 5.37. The first-order valence-corrected chi connectivity index (χ1v) is 8.51. The Morgan fingerprint density at radius 3 is 2.37 bits per heavy atom. The van der Waals surface area contributed by atoms with Gasteiger partial charge in [0.1, 0.15) is 5.82 Å². The lowest BCUT2D eigenvalue weighted by Gasteiger charge is -2.03. The van der Waals surface area contributed by atoms with Crippen LogP contribution in [0.4, 0.5) is 5.69 Å². The van der Waals surface area contributed by atoms with Crippen molar-refractivity contribution in [2.45, 2.75) is 0 Å². The molecule has 2 heterocycles. The van der Waals surface area contributed by atoms with Crippen LogP contribution in [0.1, 0.15) is 0 Å². The van der Waals surface area contributed by atoms with Crippen molar-refractivity contribution in [1.82, 2.24) is 15.0 Å². The van der Waals surface area contributed by atoms with Crippen LogP contribution in [0.15, 0.2) is 73.1 Å². The molecule has 0 saturated carbocycles. The van der Waals surface area contributed by atoms with Gasteiger partial charge in [-0.25, -0.2) is 4.98 Å². The predicted molar refractivity (Wildman–Crippen MR) is 104 cm³/mol. The van der Waals surface area contributed by atoms with E-state index in [1.54, 1.807) is 36.7 Å². The number of rotatable bonds is 4. The van der Waals surface area contributed by atoms with Crippen molar-refractivity contribution in [3.05, 3.63) is 88.2 Å².